The largest absolute Gasteiger partial charge is 0.372 e. The first-order chi connectivity index (χ1) is 14.8. The number of morpholine rings is 1. The van der Waals surface area contributed by atoms with Gasteiger partial charge in [-0.15, -0.1) is 0 Å². The molecule has 0 spiro atoms. The number of nitrogens with one attached hydrogen (secondary N) is 2. The zero-order valence-electron chi connectivity index (χ0n) is 18.7. The molecule has 1 saturated heterocycles. The lowest BCUT2D eigenvalue weighted by atomic mass is 10.2. The van der Waals surface area contributed by atoms with Crippen molar-refractivity contribution >= 4 is 21.7 Å². The van der Waals surface area contributed by atoms with Crippen LogP contribution in [0.15, 0.2) is 41.6 Å². The summed E-state index contributed by atoms with van der Waals surface area (Å²) in [4.78, 5) is 11.3. The van der Waals surface area contributed by atoms with E-state index in [-0.39, 0.29) is 23.1 Å². The van der Waals surface area contributed by atoms with E-state index in [1.165, 1.54) is 6.20 Å². The second kappa shape index (κ2) is 10.4. The molecule has 8 nitrogen and oxygen atoms in total. The van der Waals surface area contributed by atoms with Gasteiger partial charge in [-0.3, -0.25) is 0 Å². The summed E-state index contributed by atoms with van der Waals surface area (Å²) in [5, 5.41) is 3.22. The lowest BCUT2D eigenvalue weighted by molar-refractivity contribution is -0.00546. The summed E-state index contributed by atoms with van der Waals surface area (Å²) in [6.07, 6.45) is 5.11. The van der Waals surface area contributed by atoms with E-state index in [1.54, 1.807) is 12.1 Å². The number of rotatable bonds is 9. The Morgan fingerprint density at radius 2 is 1.77 bits per heavy atom. The van der Waals surface area contributed by atoms with Gasteiger partial charge in [0.15, 0.2) is 0 Å². The number of hydrogen-bond acceptors (Lipinski definition) is 7. The van der Waals surface area contributed by atoms with Crippen molar-refractivity contribution < 1.29 is 13.2 Å². The zero-order valence-corrected chi connectivity index (χ0v) is 19.5. The predicted molar refractivity (Wildman–Crippen MR) is 123 cm³/mol. The average Bonchev–Trinajstić information content (AvgIpc) is 2.76. The van der Waals surface area contributed by atoms with Gasteiger partial charge in [-0.1, -0.05) is 19.9 Å². The molecule has 0 saturated carbocycles. The Balaban J connectivity index is 1.56. The fourth-order valence-corrected chi connectivity index (χ4v) is 5.00. The second-order valence-corrected chi connectivity index (χ2v) is 9.77. The molecule has 9 heteroatoms. The van der Waals surface area contributed by atoms with Crippen molar-refractivity contribution in [2.75, 3.05) is 23.3 Å². The zero-order chi connectivity index (χ0) is 22.4. The Morgan fingerprint density at radius 1 is 1.06 bits per heavy atom. The number of nitrogens with zero attached hydrogens (tertiary/aromatic N) is 3. The summed E-state index contributed by atoms with van der Waals surface area (Å²) in [7, 11) is -3.55. The Labute approximate surface area is 185 Å². The molecule has 3 heterocycles. The van der Waals surface area contributed by atoms with Gasteiger partial charge in [0.2, 0.25) is 10.0 Å². The molecule has 3 rings (SSSR count). The normalized spacial score (nSPS) is 19.6. The van der Waals surface area contributed by atoms with Crippen LogP contribution in [0.1, 0.15) is 46.1 Å². The van der Waals surface area contributed by atoms with Crippen molar-refractivity contribution in [1.82, 2.24) is 14.7 Å². The third-order valence-electron chi connectivity index (χ3n) is 5.38. The monoisotopic (exact) mass is 447 g/mol. The predicted octanol–water partition coefficient (Wildman–Crippen LogP) is 3.17. The smallest absolute Gasteiger partial charge is 0.242 e. The van der Waals surface area contributed by atoms with Gasteiger partial charge in [-0.2, -0.15) is 0 Å². The van der Waals surface area contributed by atoms with Crippen LogP contribution in [0.3, 0.4) is 0 Å². The SMILES string of the molecule is CCC(CC)NS(=O)(=O)c1ccc(NCc2ccc(N3CC(C)OC(C)C3)nc2)nc1. The fraction of sp³-hybridized carbons (Fsp3) is 0.545. The quantitative estimate of drug-likeness (QED) is 0.609. The maximum absolute atomic E-state index is 12.5. The van der Waals surface area contributed by atoms with E-state index in [0.717, 1.165) is 37.3 Å². The summed E-state index contributed by atoms with van der Waals surface area (Å²) in [5.41, 5.74) is 1.02. The molecule has 1 aliphatic heterocycles. The van der Waals surface area contributed by atoms with Gasteiger partial charge in [0.05, 0.1) is 12.2 Å². The van der Waals surface area contributed by atoms with Crippen LogP contribution in [0.4, 0.5) is 11.6 Å². The molecule has 0 aromatic carbocycles. The van der Waals surface area contributed by atoms with Gasteiger partial charge in [-0.25, -0.2) is 23.1 Å². The van der Waals surface area contributed by atoms with Crippen molar-refractivity contribution in [2.45, 2.75) is 70.2 Å². The van der Waals surface area contributed by atoms with Gasteiger partial charge >= 0.3 is 0 Å². The van der Waals surface area contributed by atoms with E-state index >= 15 is 0 Å². The second-order valence-electron chi connectivity index (χ2n) is 8.05. The van der Waals surface area contributed by atoms with Crippen molar-refractivity contribution in [3.63, 3.8) is 0 Å². The van der Waals surface area contributed by atoms with Crippen LogP contribution >= 0.6 is 0 Å². The molecular weight excluding hydrogens is 414 g/mol. The van der Waals surface area contributed by atoms with Gasteiger partial charge in [0.1, 0.15) is 16.5 Å². The van der Waals surface area contributed by atoms with Gasteiger partial charge in [0, 0.05) is 38.1 Å². The summed E-state index contributed by atoms with van der Waals surface area (Å²) in [6.45, 7) is 10.3. The topological polar surface area (TPSA) is 96.5 Å². The molecule has 1 fully saturated rings. The highest BCUT2D eigenvalue weighted by Gasteiger charge is 2.23. The number of aromatic nitrogens is 2. The molecule has 2 atom stereocenters. The maximum Gasteiger partial charge on any atom is 0.242 e. The minimum Gasteiger partial charge on any atom is -0.372 e. The maximum atomic E-state index is 12.5. The van der Waals surface area contributed by atoms with Gasteiger partial charge in [0.25, 0.3) is 0 Å². The van der Waals surface area contributed by atoms with Crippen molar-refractivity contribution in [2.24, 2.45) is 0 Å². The highest BCUT2D eigenvalue weighted by molar-refractivity contribution is 7.89. The molecule has 170 valence electrons. The molecule has 1 aliphatic rings. The molecular formula is C22H33N5O3S. The molecule has 2 N–H and O–H groups in total. The number of hydrogen-bond donors (Lipinski definition) is 2. The number of ether oxygens (including phenoxy) is 1. The number of sulfonamides is 1. The standard InChI is InChI=1S/C22H33N5O3S/c1-5-19(6-2)26-31(28,29)20-8-9-21(24-13-20)23-11-18-7-10-22(25-12-18)27-14-16(3)30-17(4)15-27/h7-10,12-13,16-17,19,26H,5-6,11,14-15H2,1-4H3,(H,23,24). The molecule has 0 aliphatic carbocycles. The van der Waals surface area contributed by atoms with Crippen LogP contribution in [-0.2, 0) is 21.3 Å². The van der Waals surface area contributed by atoms with Crippen LogP contribution in [0.2, 0.25) is 0 Å². The van der Waals surface area contributed by atoms with E-state index in [1.807, 2.05) is 32.2 Å². The van der Waals surface area contributed by atoms with E-state index < -0.39 is 10.0 Å². The van der Waals surface area contributed by atoms with Crippen molar-refractivity contribution in [1.29, 1.82) is 0 Å². The molecule has 0 radical (unpaired) electrons. The first-order valence-electron chi connectivity index (χ1n) is 10.9. The highest BCUT2D eigenvalue weighted by Crippen LogP contribution is 2.19. The van der Waals surface area contributed by atoms with E-state index in [9.17, 15) is 8.42 Å². The summed E-state index contributed by atoms with van der Waals surface area (Å²) in [6, 6.07) is 7.25. The fourth-order valence-electron chi connectivity index (χ4n) is 3.65. The van der Waals surface area contributed by atoms with Crippen LogP contribution < -0.4 is 14.9 Å². The first-order valence-corrected chi connectivity index (χ1v) is 12.4. The van der Waals surface area contributed by atoms with Crippen molar-refractivity contribution in [3.05, 3.63) is 42.2 Å². The number of pyridine rings is 2. The Morgan fingerprint density at radius 3 is 2.32 bits per heavy atom. The summed E-state index contributed by atoms with van der Waals surface area (Å²) >= 11 is 0. The van der Waals surface area contributed by atoms with Gasteiger partial charge in [-0.05, 0) is 50.5 Å². The van der Waals surface area contributed by atoms with E-state index in [0.29, 0.717) is 12.4 Å². The lowest BCUT2D eigenvalue weighted by Crippen LogP contribution is -2.45. The summed E-state index contributed by atoms with van der Waals surface area (Å²) < 4.78 is 33.4. The molecule has 2 unspecified atom stereocenters. The third-order valence-corrected chi connectivity index (χ3v) is 6.89. The highest BCUT2D eigenvalue weighted by atomic mass is 32.2. The molecule has 2 aromatic rings. The van der Waals surface area contributed by atoms with Crippen molar-refractivity contribution in [3.8, 4) is 0 Å². The Hall–Kier alpha value is -2.23. The van der Waals surface area contributed by atoms with E-state index in [4.69, 9.17) is 4.74 Å². The Bertz CT molecular complexity index is 921. The lowest BCUT2D eigenvalue weighted by Gasteiger charge is -2.36. The van der Waals surface area contributed by atoms with E-state index in [2.05, 4.69) is 38.8 Å². The molecule has 0 bridgehead atoms. The van der Waals surface area contributed by atoms with Gasteiger partial charge < -0.3 is 15.0 Å². The third kappa shape index (κ3) is 6.38. The first kappa shape index (κ1) is 23.4. The average molecular weight is 448 g/mol. The number of anilines is 2. The minimum atomic E-state index is -3.55. The molecule has 31 heavy (non-hydrogen) atoms. The Kier molecular flexibility index (Phi) is 7.85. The van der Waals surface area contributed by atoms with Crippen LogP contribution in [-0.4, -0.2) is 49.7 Å². The molecule has 2 aromatic heterocycles. The van der Waals surface area contributed by atoms with Crippen LogP contribution in [0, 0.1) is 0 Å². The van der Waals surface area contributed by atoms with Crippen LogP contribution in [0.5, 0.6) is 0 Å². The molecule has 0 amide bonds. The summed E-state index contributed by atoms with van der Waals surface area (Å²) in [5.74, 6) is 1.56. The van der Waals surface area contributed by atoms with Crippen LogP contribution in [0.25, 0.3) is 0 Å². The minimum absolute atomic E-state index is 0.0674.